The maximum atomic E-state index is 12.1. The minimum Gasteiger partial charge on any atom is -0.505 e. The molecule has 0 saturated carbocycles. The predicted molar refractivity (Wildman–Crippen MR) is 80.8 cm³/mol. The summed E-state index contributed by atoms with van der Waals surface area (Å²) in [6, 6.07) is 6.89. The molecule has 1 aromatic carbocycles. The lowest BCUT2D eigenvalue weighted by molar-refractivity contribution is -0.135. The second-order valence-corrected chi connectivity index (χ2v) is 4.42. The molecule has 0 aliphatic carbocycles. The van der Waals surface area contributed by atoms with Crippen molar-refractivity contribution in [1.29, 1.82) is 0 Å². The molecule has 24 heavy (non-hydrogen) atoms. The van der Waals surface area contributed by atoms with Crippen molar-refractivity contribution in [2.45, 2.75) is 0 Å². The summed E-state index contributed by atoms with van der Waals surface area (Å²) in [4.78, 5) is 35.1. The number of hydrogen-bond donors (Lipinski definition) is 4. The van der Waals surface area contributed by atoms with Crippen LogP contribution in [-0.4, -0.2) is 54.8 Å². The molecule has 0 unspecified atom stereocenters. The first-order valence-corrected chi connectivity index (χ1v) is 6.52. The van der Waals surface area contributed by atoms with Gasteiger partial charge in [0.2, 0.25) is 0 Å². The quantitative estimate of drug-likeness (QED) is 0.492. The molecule has 0 aliphatic heterocycles. The number of hydrogen-bond acceptors (Lipinski definition) is 6. The molecule has 1 amide bonds. The normalized spacial score (nSPS) is 10.0. The average molecular weight is 332 g/mol. The number of aromatic hydroxyl groups is 1. The Balaban J connectivity index is 0.000000647. The number of amides is 1. The van der Waals surface area contributed by atoms with Crippen molar-refractivity contribution in [1.82, 2.24) is 19.9 Å². The van der Waals surface area contributed by atoms with Gasteiger partial charge in [-0.2, -0.15) is 5.10 Å². The van der Waals surface area contributed by atoms with Crippen molar-refractivity contribution < 1.29 is 29.7 Å². The van der Waals surface area contributed by atoms with Crippen molar-refractivity contribution in [2.75, 3.05) is 6.54 Å². The van der Waals surface area contributed by atoms with Gasteiger partial charge >= 0.3 is 5.97 Å². The highest BCUT2D eigenvalue weighted by Gasteiger charge is 2.21. The van der Waals surface area contributed by atoms with Gasteiger partial charge in [-0.05, 0) is 0 Å². The summed E-state index contributed by atoms with van der Waals surface area (Å²) in [5.74, 6) is -2.19. The number of aliphatic carboxylic acids is 1. The molecule has 0 radical (unpaired) electrons. The van der Waals surface area contributed by atoms with E-state index < -0.39 is 18.4 Å². The van der Waals surface area contributed by atoms with Gasteiger partial charge in [0.15, 0.2) is 17.1 Å². The zero-order valence-electron chi connectivity index (χ0n) is 12.1. The van der Waals surface area contributed by atoms with Crippen LogP contribution in [0.5, 0.6) is 5.75 Å². The van der Waals surface area contributed by atoms with E-state index >= 15 is 0 Å². The SMILES string of the molecule is O=C(O)CNC(=O)c1c(O)c2ccccc2c2ncnn12.O=CO. The van der Waals surface area contributed by atoms with E-state index in [9.17, 15) is 14.7 Å². The van der Waals surface area contributed by atoms with Gasteiger partial charge in [-0.1, -0.05) is 24.3 Å². The number of pyridine rings is 1. The molecular formula is C14H12N4O6. The van der Waals surface area contributed by atoms with E-state index in [2.05, 4.69) is 15.4 Å². The molecule has 0 aliphatic rings. The van der Waals surface area contributed by atoms with E-state index in [1.54, 1.807) is 24.3 Å². The van der Waals surface area contributed by atoms with Gasteiger partial charge in [-0.15, -0.1) is 0 Å². The van der Waals surface area contributed by atoms with Crippen LogP contribution in [-0.2, 0) is 9.59 Å². The van der Waals surface area contributed by atoms with E-state index in [0.717, 1.165) is 0 Å². The average Bonchev–Trinajstić information content (AvgIpc) is 3.03. The fraction of sp³-hybridized carbons (Fsp3) is 0.0714. The number of carboxylic acid groups (broad SMARTS) is 2. The molecule has 0 bridgehead atoms. The molecule has 3 rings (SSSR count). The van der Waals surface area contributed by atoms with E-state index in [-0.39, 0.29) is 17.9 Å². The fourth-order valence-corrected chi connectivity index (χ4v) is 2.14. The lowest BCUT2D eigenvalue weighted by Gasteiger charge is -2.10. The topological polar surface area (TPSA) is 154 Å². The Morgan fingerprint density at radius 1 is 1.25 bits per heavy atom. The standard InChI is InChI=1S/C13H10N4O4.CH2O2/c18-9(19)5-14-13(21)10-11(20)7-3-1-2-4-8(7)12-15-6-16-17(10)12;2-1-3/h1-4,6,20H,5H2,(H,14,21)(H,18,19);1H,(H,2,3). The van der Waals surface area contributed by atoms with Gasteiger partial charge in [0.05, 0.1) is 0 Å². The van der Waals surface area contributed by atoms with Crippen molar-refractivity contribution in [3.63, 3.8) is 0 Å². The van der Waals surface area contributed by atoms with Crippen LogP contribution in [0, 0.1) is 0 Å². The molecule has 0 saturated heterocycles. The van der Waals surface area contributed by atoms with Gasteiger partial charge in [-0.3, -0.25) is 14.4 Å². The number of benzene rings is 1. The number of carboxylic acids is 1. The van der Waals surface area contributed by atoms with Gasteiger partial charge < -0.3 is 20.6 Å². The van der Waals surface area contributed by atoms with Crippen molar-refractivity contribution in [2.24, 2.45) is 0 Å². The predicted octanol–water partition coefficient (Wildman–Crippen LogP) is 0.103. The Labute approximate surface area is 134 Å². The Kier molecular flexibility index (Phi) is 4.90. The summed E-state index contributed by atoms with van der Waals surface area (Å²) in [5, 5.41) is 33.0. The van der Waals surface area contributed by atoms with Crippen molar-refractivity contribution >= 4 is 34.8 Å². The first-order valence-electron chi connectivity index (χ1n) is 6.52. The maximum absolute atomic E-state index is 12.1. The molecule has 2 aromatic heterocycles. The molecule has 4 N–H and O–H groups in total. The van der Waals surface area contributed by atoms with Gasteiger partial charge in [0.1, 0.15) is 12.9 Å². The lowest BCUT2D eigenvalue weighted by atomic mass is 10.1. The van der Waals surface area contributed by atoms with Crippen LogP contribution in [0.4, 0.5) is 0 Å². The van der Waals surface area contributed by atoms with Crippen LogP contribution in [0.1, 0.15) is 10.5 Å². The smallest absolute Gasteiger partial charge is 0.322 e. The summed E-state index contributed by atoms with van der Waals surface area (Å²) in [5.41, 5.74) is 0.256. The van der Waals surface area contributed by atoms with Crippen LogP contribution in [0.15, 0.2) is 30.6 Å². The number of rotatable bonds is 3. The molecule has 3 aromatic rings. The molecule has 0 fully saturated rings. The van der Waals surface area contributed by atoms with Crippen LogP contribution in [0.3, 0.4) is 0 Å². The van der Waals surface area contributed by atoms with E-state index in [1.807, 2.05) is 0 Å². The third-order valence-corrected chi connectivity index (χ3v) is 3.02. The molecule has 0 atom stereocenters. The molecule has 124 valence electrons. The molecular weight excluding hydrogens is 320 g/mol. The third-order valence-electron chi connectivity index (χ3n) is 3.02. The highest BCUT2D eigenvalue weighted by atomic mass is 16.4. The van der Waals surface area contributed by atoms with Crippen molar-refractivity contribution in [3.05, 3.63) is 36.3 Å². The molecule has 0 spiro atoms. The number of nitrogens with one attached hydrogen (secondary N) is 1. The highest BCUT2D eigenvalue weighted by molar-refractivity contribution is 6.06. The maximum Gasteiger partial charge on any atom is 0.322 e. The lowest BCUT2D eigenvalue weighted by Crippen LogP contribution is -2.31. The van der Waals surface area contributed by atoms with Gasteiger partial charge in [0, 0.05) is 10.8 Å². The Morgan fingerprint density at radius 3 is 2.50 bits per heavy atom. The largest absolute Gasteiger partial charge is 0.505 e. The van der Waals surface area contributed by atoms with Crippen LogP contribution in [0.25, 0.3) is 16.4 Å². The summed E-state index contributed by atoms with van der Waals surface area (Å²) in [7, 11) is 0. The van der Waals surface area contributed by atoms with E-state index in [0.29, 0.717) is 16.4 Å². The third kappa shape index (κ3) is 3.06. The number of carbonyl (C=O) groups is 3. The second kappa shape index (κ2) is 7.05. The minimum atomic E-state index is -1.18. The molecule has 10 nitrogen and oxygen atoms in total. The Hall–Kier alpha value is -3.69. The molecule has 10 heteroatoms. The van der Waals surface area contributed by atoms with Gasteiger partial charge in [-0.25, -0.2) is 9.50 Å². The van der Waals surface area contributed by atoms with E-state index in [1.165, 1.54) is 10.8 Å². The van der Waals surface area contributed by atoms with Gasteiger partial charge in [0.25, 0.3) is 12.4 Å². The summed E-state index contributed by atoms with van der Waals surface area (Å²) in [6.07, 6.45) is 1.26. The zero-order valence-corrected chi connectivity index (χ0v) is 12.1. The number of fused-ring (bicyclic) bond motifs is 3. The fourth-order valence-electron chi connectivity index (χ4n) is 2.14. The van der Waals surface area contributed by atoms with Crippen molar-refractivity contribution in [3.8, 4) is 5.75 Å². The number of aromatic nitrogens is 3. The van der Waals surface area contributed by atoms with Crippen LogP contribution >= 0.6 is 0 Å². The monoisotopic (exact) mass is 332 g/mol. The summed E-state index contributed by atoms with van der Waals surface area (Å²) < 4.78 is 1.19. The minimum absolute atomic E-state index is 0.151. The Morgan fingerprint density at radius 2 is 1.88 bits per heavy atom. The first kappa shape index (κ1) is 16.7. The number of nitrogens with zero attached hydrogens (tertiary/aromatic N) is 3. The summed E-state index contributed by atoms with van der Waals surface area (Å²) >= 11 is 0. The summed E-state index contributed by atoms with van der Waals surface area (Å²) in [6.45, 7) is -0.804. The zero-order chi connectivity index (χ0) is 17.7. The van der Waals surface area contributed by atoms with Crippen LogP contribution in [0.2, 0.25) is 0 Å². The highest BCUT2D eigenvalue weighted by Crippen LogP contribution is 2.30. The van der Waals surface area contributed by atoms with E-state index in [4.69, 9.17) is 15.0 Å². The first-order chi connectivity index (χ1) is 11.5. The number of carbonyl (C=O) groups excluding carboxylic acids is 1. The Bertz CT molecular complexity index is 920. The molecule has 2 heterocycles. The second-order valence-electron chi connectivity index (χ2n) is 4.42. The van der Waals surface area contributed by atoms with Crippen LogP contribution < -0.4 is 5.32 Å².